The molecule has 2 rings (SSSR count). The molecule has 20 heavy (non-hydrogen) atoms. The Morgan fingerprint density at radius 2 is 1.80 bits per heavy atom. The van der Waals surface area contributed by atoms with Crippen LogP contribution in [0, 0.1) is 0 Å². The molecule has 0 saturated carbocycles. The van der Waals surface area contributed by atoms with E-state index in [0.29, 0.717) is 24.5 Å². The van der Waals surface area contributed by atoms with Crippen molar-refractivity contribution in [3.8, 4) is 0 Å². The summed E-state index contributed by atoms with van der Waals surface area (Å²) >= 11 is 0. The van der Waals surface area contributed by atoms with Crippen molar-refractivity contribution >= 4 is 17.3 Å². The Balaban J connectivity index is 2.45. The Labute approximate surface area is 119 Å². The van der Waals surface area contributed by atoms with Gasteiger partial charge in [-0.3, -0.25) is 0 Å². The molecule has 0 aliphatic carbocycles. The van der Waals surface area contributed by atoms with Crippen molar-refractivity contribution in [3.63, 3.8) is 0 Å². The molecule has 1 aliphatic rings. The van der Waals surface area contributed by atoms with Gasteiger partial charge >= 0.3 is 5.97 Å². The first-order valence-electron chi connectivity index (χ1n) is 6.68. The van der Waals surface area contributed by atoms with E-state index in [1.807, 2.05) is 32.6 Å². The maximum absolute atomic E-state index is 11.4. The molecule has 0 bridgehead atoms. The highest BCUT2D eigenvalue weighted by atomic mass is 16.5. The van der Waals surface area contributed by atoms with Crippen LogP contribution in [0.25, 0.3) is 0 Å². The van der Waals surface area contributed by atoms with Gasteiger partial charge in [-0.15, -0.1) is 0 Å². The first-order valence-corrected chi connectivity index (χ1v) is 6.68. The normalized spacial score (nSPS) is 20.7. The lowest BCUT2D eigenvalue weighted by Crippen LogP contribution is -2.57. The highest BCUT2D eigenvalue weighted by Crippen LogP contribution is 2.33. The summed E-state index contributed by atoms with van der Waals surface area (Å²) < 4.78 is 6.02. The molecular formula is C15H22N2O3. The van der Waals surface area contributed by atoms with Gasteiger partial charge in [0.15, 0.2) is 0 Å². The lowest BCUT2D eigenvalue weighted by Gasteiger charge is -2.48. The molecule has 0 radical (unpaired) electrons. The summed E-state index contributed by atoms with van der Waals surface area (Å²) in [6.07, 6.45) is 0. The van der Waals surface area contributed by atoms with E-state index in [9.17, 15) is 9.90 Å². The van der Waals surface area contributed by atoms with E-state index in [-0.39, 0.29) is 16.8 Å². The highest BCUT2D eigenvalue weighted by Gasteiger charge is 2.39. The van der Waals surface area contributed by atoms with Gasteiger partial charge in [-0.1, -0.05) is 0 Å². The predicted molar refractivity (Wildman–Crippen MR) is 79.3 cm³/mol. The van der Waals surface area contributed by atoms with Gasteiger partial charge in [-0.05, 0) is 45.9 Å². The number of carbonyl (C=O) groups is 1. The smallest absolute Gasteiger partial charge is 0.337 e. The number of anilines is 2. The molecule has 1 heterocycles. The molecule has 1 fully saturated rings. The van der Waals surface area contributed by atoms with Crippen LogP contribution in [0.5, 0.6) is 0 Å². The van der Waals surface area contributed by atoms with Crippen molar-refractivity contribution in [2.24, 2.45) is 0 Å². The predicted octanol–water partition coefficient (Wildman–Crippen LogP) is 2.36. The van der Waals surface area contributed by atoms with E-state index < -0.39 is 5.97 Å². The number of aromatic carboxylic acids is 1. The van der Waals surface area contributed by atoms with Crippen LogP contribution in [0.4, 0.5) is 11.4 Å². The summed E-state index contributed by atoms with van der Waals surface area (Å²) in [5.74, 6) is -0.942. The summed E-state index contributed by atoms with van der Waals surface area (Å²) in [7, 11) is 0. The SMILES string of the molecule is CC1(C)CN(c2cc(N)ccc2C(=O)O)CC(C)(C)O1. The number of morpholine rings is 1. The van der Waals surface area contributed by atoms with Crippen molar-refractivity contribution in [1.29, 1.82) is 0 Å². The van der Waals surface area contributed by atoms with Crippen LogP contribution < -0.4 is 10.6 Å². The number of nitrogens with zero attached hydrogens (tertiary/aromatic N) is 1. The van der Waals surface area contributed by atoms with E-state index in [1.165, 1.54) is 0 Å². The average molecular weight is 278 g/mol. The zero-order valence-corrected chi connectivity index (χ0v) is 12.4. The second kappa shape index (κ2) is 4.66. The Morgan fingerprint density at radius 3 is 2.30 bits per heavy atom. The van der Waals surface area contributed by atoms with Gasteiger partial charge in [-0.2, -0.15) is 0 Å². The van der Waals surface area contributed by atoms with Gasteiger partial charge in [0.25, 0.3) is 0 Å². The van der Waals surface area contributed by atoms with Gasteiger partial charge in [0.1, 0.15) is 0 Å². The molecule has 0 atom stereocenters. The molecule has 5 heteroatoms. The monoisotopic (exact) mass is 278 g/mol. The number of hydrogen-bond acceptors (Lipinski definition) is 4. The van der Waals surface area contributed by atoms with Gasteiger partial charge < -0.3 is 20.5 Å². The maximum atomic E-state index is 11.4. The van der Waals surface area contributed by atoms with Crippen molar-refractivity contribution in [3.05, 3.63) is 23.8 Å². The fourth-order valence-corrected chi connectivity index (χ4v) is 2.95. The van der Waals surface area contributed by atoms with Gasteiger partial charge in [0.2, 0.25) is 0 Å². The third-order valence-electron chi connectivity index (χ3n) is 3.29. The molecule has 110 valence electrons. The molecule has 0 unspecified atom stereocenters. The van der Waals surface area contributed by atoms with Crippen LogP contribution in [-0.2, 0) is 4.74 Å². The van der Waals surface area contributed by atoms with E-state index in [0.717, 1.165) is 0 Å². The molecule has 1 saturated heterocycles. The minimum absolute atomic E-state index is 0.271. The third kappa shape index (κ3) is 3.04. The van der Waals surface area contributed by atoms with Crippen LogP contribution >= 0.6 is 0 Å². The van der Waals surface area contributed by atoms with E-state index in [4.69, 9.17) is 10.5 Å². The molecule has 5 nitrogen and oxygen atoms in total. The van der Waals surface area contributed by atoms with Crippen molar-refractivity contribution in [1.82, 2.24) is 0 Å². The Bertz CT molecular complexity index is 522. The summed E-state index contributed by atoms with van der Waals surface area (Å²) in [6, 6.07) is 4.90. The van der Waals surface area contributed by atoms with Crippen LogP contribution in [0.15, 0.2) is 18.2 Å². The van der Waals surface area contributed by atoms with E-state index in [1.54, 1.807) is 18.2 Å². The Morgan fingerprint density at radius 1 is 1.25 bits per heavy atom. The quantitative estimate of drug-likeness (QED) is 0.812. The summed E-state index contributed by atoms with van der Waals surface area (Å²) in [5, 5.41) is 9.35. The van der Waals surface area contributed by atoms with E-state index >= 15 is 0 Å². The molecule has 0 aromatic heterocycles. The zero-order valence-electron chi connectivity index (χ0n) is 12.4. The molecule has 3 N–H and O–H groups in total. The fraction of sp³-hybridized carbons (Fsp3) is 0.533. The molecule has 0 spiro atoms. The average Bonchev–Trinajstić information content (AvgIpc) is 2.24. The summed E-state index contributed by atoms with van der Waals surface area (Å²) in [5.41, 5.74) is 6.62. The zero-order chi connectivity index (χ0) is 15.1. The molecule has 1 aromatic rings. The minimum atomic E-state index is -0.942. The van der Waals surface area contributed by atoms with Crippen LogP contribution in [0.1, 0.15) is 38.1 Å². The van der Waals surface area contributed by atoms with E-state index in [2.05, 4.69) is 0 Å². The number of carboxylic acids is 1. The summed E-state index contributed by atoms with van der Waals surface area (Å²) in [6.45, 7) is 9.28. The standard InChI is InChI=1S/C15H22N2O3/c1-14(2)8-17(9-15(3,4)20-14)12-7-10(16)5-6-11(12)13(18)19/h5-7H,8-9,16H2,1-4H3,(H,18,19). The number of rotatable bonds is 2. The van der Waals surface area contributed by atoms with Crippen LogP contribution in [0.3, 0.4) is 0 Å². The Hall–Kier alpha value is -1.75. The molecular weight excluding hydrogens is 256 g/mol. The Kier molecular flexibility index (Phi) is 3.42. The van der Waals surface area contributed by atoms with Crippen LogP contribution in [0.2, 0.25) is 0 Å². The number of hydrogen-bond donors (Lipinski definition) is 2. The minimum Gasteiger partial charge on any atom is -0.478 e. The second-order valence-electron chi connectivity index (χ2n) is 6.56. The third-order valence-corrected chi connectivity index (χ3v) is 3.29. The molecule has 1 aliphatic heterocycles. The lowest BCUT2D eigenvalue weighted by atomic mass is 9.97. The van der Waals surface area contributed by atoms with Crippen molar-refractivity contribution in [2.75, 3.05) is 23.7 Å². The van der Waals surface area contributed by atoms with Crippen molar-refractivity contribution in [2.45, 2.75) is 38.9 Å². The van der Waals surface area contributed by atoms with Crippen LogP contribution in [-0.4, -0.2) is 35.4 Å². The van der Waals surface area contributed by atoms with Gasteiger partial charge in [-0.25, -0.2) is 4.79 Å². The van der Waals surface area contributed by atoms with Gasteiger partial charge in [0.05, 0.1) is 22.5 Å². The highest BCUT2D eigenvalue weighted by molar-refractivity contribution is 5.95. The largest absolute Gasteiger partial charge is 0.478 e. The number of ether oxygens (including phenoxy) is 1. The molecule has 1 aromatic carbocycles. The first-order chi connectivity index (χ1) is 9.10. The van der Waals surface area contributed by atoms with Gasteiger partial charge in [0, 0.05) is 18.8 Å². The maximum Gasteiger partial charge on any atom is 0.337 e. The number of nitrogen functional groups attached to an aromatic ring is 1. The number of nitrogens with two attached hydrogens (primary N) is 1. The topological polar surface area (TPSA) is 75.8 Å². The summed E-state index contributed by atoms with van der Waals surface area (Å²) in [4.78, 5) is 13.4. The number of carboxylic acid groups (broad SMARTS) is 1. The van der Waals surface area contributed by atoms with Crippen molar-refractivity contribution < 1.29 is 14.6 Å². The second-order valence-corrected chi connectivity index (χ2v) is 6.56. The lowest BCUT2D eigenvalue weighted by molar-refractivity contribution is -0.133. The first kappa shape index (κ1) is 14.7. The molecule has 0 amide bonds. The number of benzene rings is 1. The fourth-order valence-electron chi connectivity index (χ4n) is 2.95.